The fraction of sp³-hybridized carbons (Fsp3) is 0.462. The van der Waals surface area contributed by atoms with Crippen LogP contribution in [0.4, 0.5) is 5.69 Å². The second kappa shape index (κ2) is 5.81. The van der Waals surface area contributed by atoms with Gasteiger partial charge < -0.3 is 14.9 Å². The topological polar surface area (TPSA) is 64.5 Å². The summed E-state index contributed by atoms with van der Waals surface area (Å²) >= 11 is 1.64. The highest BCUT2D eigenvalue weighted by atomic mass is 32.2. The summed E-state index contributed by atoms with van der Waals surface area (Å²) in [5, 5.41) is 0.717. The first-order valence-electron chi connectivity index (χ1n) is 6.40. The number of nitrogens with two attached hydrogens (primary N) is 1. The van der Waals surface area contributed by atoms with E-state index in [-0.39, 0.29) is 0 Å². The first-order valence-corrected chi connectivity index (χ1v) is 7.39. The zero-order valence-electron chi connectivity index (χ0n) is 10.7. The number of rotatable bonds is 4. The van der Waals surface area contributed by atoms with Crippen LogP contribution in [0.15, 0.2) is 27.8 Å². The second-order valence-electron chi connectivity index (χ2n) is 4.51. The molecule has 1 aromatic carbocycles. The predicted octanol–water partition coefficient (Wildman–Crippen LogP) is 1.83. The summed E-state index contributed by atoms with van der Waals surface area (Å²) in [6.45, 7) is 4.75. The Bertz CT molecular complexity index is 552. The molecule has 0 saturated carbocycles. The molecule has 0 radical (unpaired) electrons. The Morgan fingerprint density at radius 3 is 3.00 bits per heavy atom. The molecule has 1 saturated heterocycles. The number of nitrogen functional groups attached to an aromatic ring is 1. The van der Waals surface area contributed by atoms with Gasteiger partial charge in [0, 0.05) is 37.1 Å². The molecule has 0 amide bonds. The maximum atomic E-state index is 5.72. The van der Waals surface area contributed by atoms with Gasteiger partial charge in [0.1, 0.15) is 5.52 Å². The van der Waals surface area contributed by atoms with Crippen LogP contribution < -0.4 is 5.73 Å². The molecule has 2 N–H and O–H groups in total. The molecule has 2 heterocycles. The lowest BCUT2D eigenvalue weighted by Gasteiger charge is -2.25. The first-order chi connectivity index (χ1) is 9.31. The van der Waals surface area contributed by atoms with Gasteiger partial charge in [0.25, 0.3) is 5.22 Å². The van der Waals surface area contributed by atoms with Gasteiger partial charge >= 0.3 is 0 Å². The summed E-state index contributed by atoms with van der Waals surface area (Å²) in [7, 11) is 0. The number of anilines is 1. The SMILES string of the molecule is Nc1ccc2nc(SCCN3CCOCC3)oc2c1. The summed E-state index contributed by atoms with van der Waals surface area (Å²) in [5.74, 6) is 0.975. The number of nitrogens with zero attached hydrogens (tertiary/aromatic N) is 2. The number of hydrogen-bond acceptors (Lipinski definition) is 6. The van der Waals surface area contributed by atoms with Gasteiger partial charge in [-0.3, -0.25) is 4.90 Å². The third-order valence-corrected chi connectivity index (χ3v) is 3.94. The Morgan fingerprint density at radius 2 is 2.16 bits per heavy atom. The predicted molar refractivity (Wildman–Crippen MR) is 76.4 cm³/mol. The molecule has 0 unspecified atom stereocenters. The average molecular weight is 279 g/mol. The van der Waals surface area contributed by atoms with E-state index in [1.807, 2.05) is 18.2 Å². The maximum Gasteiger partial charge on any atom is 0.256 e. The van der Waals surface area contributed by atoms with E-state index in [1.54, 1.807) is 11.8 Å². The van der Waals surface area contributed by atoms with Crippen molar-refractivity contribution in [3.05, 3.63) is 18.2 Å². The number of morpholine rings is 1. The summed E-state index contributed by atoms with van der Waals surface area (Å²) in [6.07, 6.45) is 0. The van der Waals surface area contributed by atoms with Crippen molar-refractivity contribution in [2.24, 2.45) is 0 Å². The van der Waals surface area contributed by atoms with E-state index in [4.69, 9.17) is 14.9 Å². The van der Waals surface area contributed by atoms with Gasteiger partial charge in [-0.05, 0) is 12.1 Å². The van der Waals surface area contributed by atoms with Gasteiger partial charge in [-0.15, -0.1) is 0 Å². The third kappa shape index (κ3) is 3.20. The van der Waals surface area contributed by atoms with Crippen molar-refractivity contribution in [1.82, 2.24) is 9.88 Å². The van der Waals surface area contributed by atoms with Crippen molar-refractivity contribution in [2.45, 2.75) is 5.22 Å². The van der Waals surface area contributed by atoms with Gasteiger partial charge in [-0.25, -0.2) is 4.98 Å². The highest BCUT2D eigenvalue weighted by molar-refractivity contribution is 7.99. The Balaban J connectivity index is 1.56. The highest BCUT2D eigenvalue weighted by Gasteiger charge is 2.11. The lowest BCUT2D eigenvalue weighted by atomic mass is 10.3. The van der Waals surface area contributed by atoms with Crippen molar-refractivity contribution < 1.29 is 9.15 Å². The zero-order chi connectivity index (χ0) is 13.1. The van der Waals surface area contributed by atoms with Crippen molar-refractivity contribution >= 4 is 28.5 Å². The first kappa shape index (κ1) is 12.8. The van der Waals surface area contributed by atoms with Crippen LogP contribution in [0.5, 0.6) is 0 Å². The maximum absolute atomic E-state index is 5.72. The molecule has 3 rings (SSSR count). The van der Waals surface area contributed by atoms with Crippen molar-refractivity contribution in [1.29, 1.82) is 0 Å². The van der Waals surface area contributed by atoms with Crippen LogP contribution in [0.2, 0.25) is 0 Å². The minimum Gasteiger partial charge on any atom is -0.431 e. The van der Waals surface area contributed by atoms with Crippen LogP contribution >= 0.6 is 11.8 Å². The Hall–Kier alpha value is -1.24. The molecule has 1 aromatic heterocycles. The fourth-order valence-corrected chi connectivity index (χ4v) is 2.90. The number of thioether (sulfide) groups is 1. The monoisotopic (exact) mass is 279 g/mol. The van der Waals surface area contributed by atoms with Crippen molar-refractivity contribution in [3.8, 4) is 0 Å². The summed E-state index contributed by atoms with van der Waals surface area (Å²) in [4.78, 5) is 6.83. The minimum absolute atomic E-state index is 0.702. The molecular formula is C13H17N3O2S. The fourth-order valence-electron chi connectivity index (χ4n) is 2.07. The van der Waals surface area contributed by atoms with Crippen molar-refractivity contribution in [2.75, 3.05) is 44.3 Å². The van der Waals surface area contributed by atoms with Crippen LogP contribution in [0.25, 0.3) is 11.1 Å². The summed E-state index contributed by atoms with van der Waals surface area (Å²) < 4.78 is 11.0. The normalized spacial score (nSPS) is 17.1. The van der Waals surface area contributed by atoms with Gasteiger partial charge in [0.15, 0.2) is 5.58 Å². The third-order valence-electron chi connectivity index (χ3n) is 3.13. The molecule has 5 nitrogen and oxygen atoms in total. The lowest BCUT2D eigenvalue weighted by Crippen LogP contribution is -2.37. The largest absolute Gasteiger partial charge is 0.431 e. The molecule has 0 spiro atoms. The van der Waals surface area contributed by atoms with E-state index in [9.17, 15) is 0 Å². The van der Waals surface area contributed by atoms with Crippen LogP contribution in [0.1, 0.15) is 0 Å². The van der Waals surface area contributed by atoms with E-state index in [0.29, 0.717) is 10.9 Å². The highest BCUT2D eigenvalue weighted by Crippen LogP contribution is 2.24. The zero-order valence-corrected chi connectivity index (χ0v) is 11.5. The molecule has 0 aliphatic carbocycles. The van der Waals surface area contributed by atoms with E-state index >= 15 is 0 Å². The minimum atomic E-state index is 0.702. The average Bonchev–Trinajstić information content (AvgIpc) is 2.82. The van der Waals surface area contributed by atoms with E-state index in [2.05, 4.69) is 9.88 Å². The number of hydrogen-bond donors (Lipinski definition) is 1. The molecule has 19 heavy (non-hydrogen) atoms. The molecular weight excluding hydrogens is 262 g/mol. The Labute approximate surface area is 116 Å². The number of fused-ring (bicyclic) bond motifs is 1. The second-order valence-corrected chi connectivity index (χ2v) is 5.56. The van der Waals surface area contributed by atoms with E-state index in [0.717, 1.165) is 49.7 Å². The van der Waals surface area contributed by atoms with E-state index in [1.165, 1.54) is 0 Å². The quantitative estimate of drug-likeness (QED) is 0.680. The molecule has 1 fully saturated rings. The smallest absolute Gasteiger partial charge is 0.256 e. The Morgan fingerprint density at radius 1 is 1.32 bits per heavy atom. The van der Waals surface area contributed by atoms with Crippen molar-refractivity contribution in [3.63, 3.8) is 0 Å². The molecule has 2 aromatic rings. The van der Waals surface area contributed by atoms with Crippen LogP contribution in [0.3, 0.4) is 0 Å². The van der Waals surface area contributed by atoms with Gasteiger partial charge in [0.05, 0.1) is 13.2 Å². The van der Waals surface area contributed by atoms with Gasteiger partial charge in [-0.2, -0.15) is 0 Å². The van der Waals surface area contributed by atoms with Crippen LogP contribution in [-0.4, -0.2) is 48.5 Å². The number of benzene rings is 1. The molecule has 0 bridgehead atoms. The summed E-state index contributed by atoms with van der Waals surface area (Å²) in [5.41, 5.74) is 8.04. The van der Waals surface area contributed by atoms with Gasteiger partial charge in [0.2, 0.25) is 0 Å². The standard InChI is InChI=1S/C13H17N3O2S/c14-10-1-2-11-12(9-10)18-13(15-11)19-8-5-16-3-6-17-7-4-16/h1-2,9H,3-8,14H2. The van der Waals surface area contributed by atoms with Gasteiger partial charge in [-0.1, -0.05) is 11.8 Å². The Kier molecular flexibility index (Phi) is 3.91. The lowest BCUT2D eigenvalue weighted by molar-refractivity contribution is 0.0410. The molecule has 6 heteroatoms. The summed E-state index contributed by atoms with van der Waals surface area (Å²) in [6, 6.07) is 5.54. The molecule has 1 aliphatic rings. The van der Waals surface area contributed by atoms with E-state index < -0.39 is 0 Å². The number of aromatic nitrogens is 1. The number of oxazole rings is 1. The van der Waals surface area contributed by atoms with Crippen LogP contribution in [-0.2, 0) is 4.74 Å². The molecule has 1 aliphatic heterocycles. The molecule has 0 atom stereocenters. The molecule has 102 valence electrons. The number of ether oxygens (including phenoxy) is 1. The van der Waals surface area contributed by atoms with Crippen LogP contribution in [0, 0.1) is 0 Å².